The zero-order chi connectivity index (χ0) is 8.44. The monoisotopic (exact) mass is 173 g/mol. The van der Waals surface area contributed by atoms with Crippen molar-refractivity contribution in [2.75, 3.05) is 32.9 Å². The standard InChI is InChI=1S/C8H15NO3/c10-3-7-4-11-8(12-5-7)1-2-9-6-8/h7,9-10H,1-6H2. The van der Waals surface area contributed by atoms with Crippen LogP contribution < -0.4 is 5.32 Å². The maximum atomic E-state index is 8.85. The van der Waals surface area contributed by atoms with E-state index in [9.17, 15) is 0 Å². The van der Waals surface area contributed by atoms with Gasteiger partial charge < -0.3 is 19.9 Å². The second-order valence-electron chi connectivity index (χ2n) is 3.51. The molecule has 12 heavy (non-hydrogen) atoms. The summed E-state index contributed by atoms with van der Waals surface area (Å²) in [7, 11) is 0. The summed E-state index contributed by atoms with van der Waals surface area (Å²) >= 11 is 0. The van der Waals surface area contributed by atoms with E-state index in [-0.39, 0.29) is 18.3 Å². The molecule has 0 atom stereocenters. The third kappa shape index (κ3) is 1.47. The van der Waals surface area contributed by atoms with Crippen LogP contribution in [-0.2, 0) is 9.47 Å². The molecule has 0 aromatic rings. The highest BCUT2D eigenvalue weighted by atomic mass is 16.7. The van der Waals surface area contributed by atoms with E-state index in [1.807, 2.05) is 0 Å². The first-order valence-electron chi connectivity index (χ1n) is 4.44. The van der Waals surface area contributed by atoms with Crippen LogP contribution >= 0.6 is 0 Å². The summed E-state index contributed by atoms with van der Waals surface area (Å²) in [5.41, 5.74) is 0. The molecule has 1 spiro atoms. The molecule has 0 radical (unpaired) electrons. The number of ether oxygens (including phenoxy) is 2. The van der Waals surface area contributed by atoms with Crippen molar-refractivity contribution in [2.45, 2.75) is 12.2 Å². The van der Waals surface area contributed by atoms with Gasteiger partial charge in [-0.3, -0.25) is 0 Å². The molecule has 0 aromatic carbocycles. The van der Waals surface area contributed by atoms with Gasteiger partial charge in [-0.2, -0.15) is 0 Å². The summed E-state index contributed by atoms with van der Waals surface area (Å²) in [5.74, 6) is -0.206. The van der Waals surface area contributed by atoms with Crippen LogP contribution in [0.25, 0.3) is 0 Å². The van der Waals surface area contributed by atoms with Gasteiger partial charge in [-0.05, 0) is 0 Å². The largest absolute Gasteiger partial charge is 0.396 e. The van der Waals surface area contributed by atoms with E-state index in [1.165, 1.54) is 0 Å². The van der Waals surface area contributed by atoms with Gasteiger partial charge in [0.15, 0.2) is 5.79 Å². The predicted octanol–water partition coefficient (Wildman–Crippen LogP) is -0.669. The van der Waals surface area contributed by atoms with Gasteiger partial charge in [0.05, 0.1) is 19.8 Å². The second-order valence-corrected chi connectivity index (χ2v) is 3.51. The van der Waals surface area contributed by atoms with Crippen molar-refractivity contribution in [3.8, 4) is 0 Å². The molecule has 2 saturated heterocycles. The Labute approximate surface area is 71.9 Å². The molecule has 0 saturated carbocycles. The molecule has 2 aliphatic heterocycles. The normalized spacial score (nSPS) is 42.2. The Morgan fingerprint density at radius 3 is 2.67 bits per heavy atom. The molecule has 4 nitrogen and oxygen atoms in total. The van der Waals surface area contributed by atoms with Crippen molar-refractivity contribution < 1.29 is 14.6 Å². The Bertz CT molecular complexity index is 146. The molecule has 0 amide bonds. The van der Waals surface area contributed by atoms with E-state index in [1.54, 1.807) is 0 Å². The van der Waals surface area contributed by atoms with Crippen molar-refractivity contribution >= 4 is 0 Å². The molecule has 2 N–H and O–H groups in total. The number of hydrogen-bond donors (Lipinski definition) is 2. The van der Waals surface area contributed by atoms with Gasteiger partial charge in [-0.25, -0.2) is 0 Å². The maximum Gasteiger partial charge on any atom is 0.181 e. The number of aliphatic hydroxyl groups excluding tert-OH is 1. The maximum absolute atomic E-state index is 8.85. The van der Waals surface area contributed by atoms with Crippen LogP contribution in [0, 0.1) is 5.92 Å². The van der Waals surface area contributed by atoms with Gasteiger partial charge in [0.1, 0.15) is 0 Å². The Morgan fingerprint density at radius 1 is 1.42 bits per heavy atom. The van der Waals surface area contributed by atoms with E-state index in [4.69, 9.17) is 14.6 Å². The summed E-state index contributed by atoms with van der Waals surface area (Å²) < 4.78 is 11.2. The highest BCUT2D eigenvalue weighted by Crippen LogP contribution is 2.26. The number of rotatable bonds is 1. The molecule has 0 unspecified atom stereocenters. The Hall–Kier alpha value is -0.160. The van der Waals surface area contributed by atoms with Gasteiger partial charge in [-0.1, -0.05) is 0 Å². The van der Waals surface area contributed by atoms with E-state index >= 15 is 0 Å². The summed E-state index contributed by atoms with van der Waals surface area (Å²) in [5, 5.41) is 12.0. The molecule has 0 bridgehead atoms. The molecule has 4 heteroatoms. The fraction of sp³-hybridized carbons (Fsp3) is 1.00. The molecule has 0 aromatic heterocycles. The highest BCUT2D eigenvalue weighted by molar-refractivity contribution is 4.84. The van der Waals surface area contributed by atoms with Gasteiger partial charge >= 0.3 is 0 Å². The molecule has 2 rings (SSSR count). The summed E-state index contributed by atoms with van der Waals surface area (Å²) in [6.07, 6.45) is 0.922. The minimum atomic E-state index is -0.369. The minimum absolute atomic E-state index is 0.156. The topological polar surface area (TPSA) is 50.7 Å². The molecular weight excluding hydrogens is 158 g/mol. The van der Waals surface area contributed by atoms with Crippen LogP contribution in [0.2, 0.25) is 0 Å². The highest BCUT2D eigenvalue weighted by Gasteiger charge is 2.39. The van der Waals surface area contributed by atoms with Crippen molar-refractivity contribution in [1.82, 2.24) is 5.32 Å². The first-order valence-corrected chi connectivity index (χ1v) is 4.44. The van der Waals surface area contributed by atoms with Crippen LogP contribution in [0.3, 0.4) is 0 Å². The van der Waals surface area contributed by atoms with E-state index in [0.717, 1.165) is 19.5 Å². The lowest BCUT2D eigenvalue weighted by atomic mass is 10.1. The third-order valence-electron chi connectivity index (χ3n) is 2.50. The molecule has 2 heterocycles. The molecule has 2 fully saturated rings. The van der Waals surface area contributed by atoms with E-state index in [0.29, 0.717) is 13.2 Å². The van der Waals surface area contributed by atoms with Crippen molar-refractivity contribution in [1.29, 1.82) is 0 Å². The van der Waals surface area contributed by atoms with E-state index < -0.39 is 0 Å². The number of aliphatic hydroxyl groups is 1. The lowest BCUT2D eigenvalue weighted by Crippen LogP contribution is -2.46. The van der Waals surface area contributed by atoms with Crippen molar-refractivity contribution in [3.05, 3.63) is 0 Å². The van der Waals surface area contributed by atoms with Crippen molar-refractivity contribution in [3.63, 3.8) is 0 Å². The lowest BCUT2D eigenvalue weighted by Gasteiger charge is -2.36. The Kier molecular flexibility index (Phi) is 2.32. The first-order chi connectivity index (χ1) is 5.85. The van der Waals surface area contributed by atoms with Crippen LogP contribution in [0.1, 0.15) is 6.42 Å². The van der Waals surface area contributed by atoms with Gasteiger partial charge in [0.25, 0.3) is 0 Å². The smallest absolute Gasteiger partial charge is 0.181 e. The molecule has 2 aliphatic rings. The van der Waals surface area contributed by atoms with Crippen LogP contribution in [0.4, 0.5) is 0 Å². The summed E-state index contributed by atoms with van der Waals surface area (Å²) in [6, 6.07) is 0. The summed E-state index contributed by atoms with van der Waals surface area (Å²) in [4.78, 5) is 0. The fourth-order valence-electron chi connectivity index (χ4n) is 1.63. The van der Waals surface area contributed by atoms with Gasteiger partial charge in [-0.15, -0.1) is 0 Å². The Morgan fingerprint density at radius 2 is 2.17 bits per heavy atom. The SMILES string of the molecule is OCC1COC2(CCNC2)OC1. The zero-order valence-electron chi connectivity index (χ0n) is 7.08. The second kappa shape index (κ2) is 3.30. The number of hydrogen-bond acceptors (Lipinski definition) is 4. The van der Waals surface area contributed by atoms with Crippen LogP contribution in [-0.4, -0.2) is 43.8 Å². The first kappa shape index (κ1) is 8.44. The van der Waals surface area contributed by atoms with E-state index in [2.05, 4.69) is 5.32 Å². The van der Waals surface area contributed by atoms with Crippen LogP contribution in [0.15, 0.2) is 0 Å². The minimum Gasteiger partial charge on any atom is -0.396 e. The fourth-order valence-corrected chi connectivity index (χ4v) is 1.63. The lowest BCUT2D eigenvalue weighted by molar-refractivity contribution is -0.273. The number of nitrogens with one attached hydrogen (secondary N) is 1. The Balaban J connectivity index is 1.88. The summed E-state index contributed by atoms with van der Waals surface area (Å²) in [6.45, 7) is 3.15. The predicted molar refractivity (Wildman–Crippen MR) is 42.7 cm³/mol. The zero-order valence-corrected chi connectivity index (χ0v) is 7.08. The van der Waals surface area contributed by atoms with Gasteiger partial charge in [0.2, 0.25) is 0 Å². The molecule has 0 aliphatic carbocycles. The average Bonchev–Trinajstić information content (AvgIpc) is 2.55. The third-order valence-corrected chi connectivity index (χ3v) is 2.50. The quantitative estimate of drug-likeness (QED) is 0.552. The van der Waals surface area contributed by atoms with Crippen LogP contribution in [0.5, 0.6) is 0 Å². The van der Waals surface area contributed by atoms with Crippen molar-refractivity contribution in [2.24, 2.45) is 5.92 Å². The van der Waals surface area contributed by atoms with Gasteiger partial charge in [0, 0.05) is 25.4 Å². The molecular formula is C8H15NO3. The average molecular weight is 173 g/mol. The molecule has 70 valence electrons.